The number of nitrogens with one attached hydrogen (secondary N) is 1. The summed E-state index contributed by atoms with van der Waals surface area (Å²) in [5, 5.41) is 3.28. The van der Waals surface area contributed by atoms with Gasteiger partial charge in [0.15, 0.2) is 0 Å². The second-order valence-corrected chi connectivity index (χ2v) is 11.0. The summed E-state index contributed by atoms with van der Waals surface area (Å²) < 4.78 is 39.5. The van der Waals surface area contributed by atoms with Crippen molar-refractivity contribution in [3.8, 4) is 0 Å². The fraction of sp³-hybridized carbons (Fsp3) is 0.259. The van der Waals surface area contributed by atoms with Crippen LogP contribution in [0.5, 0.6) is 0 Å². The van der Waals surface area contributed by atoms with E-state index < -0.39 is 40.2 Å². The number of amides is 2. The monoisotopic (exact) mass is 545 g/mol. The van der Waals surface area contributed by atoms with Gasteiger partial charge < -0.3 is 10.2 Å². The summed E-state index contributed by atoms with van der Waals surface area (Å²) >= 11 is 6.18. The molecule has 0 aromatic heterocycles. The molecule has 1 N–H and O–H groups in total. The van der Waals surface area contributed by atoms with Gasteiger partial charge in [0.25, 0.3) is 0 Å². The average Bonchev–Trinajstić information content (AvgIpc) is 2.87. The quantitative estimate of drug-likeness (QED) is 0.395. The summed E-state index contributed by atoms with van der Waals surface area (Å²) in [5.74, 6) is -1.44. The normalized spacial score (nSPS) is 12.2. The van der Waals surface area contributed by atoms with E-state index in [1.807, 2.05) is 6.07 Å². The molecule has 3 aromatic carbocycles. The third-order valence-corrected chi connectivity index (χ3v) is 7.39. The second-order valence-electron chi connectivity index (χ2n) is 8.65. The first-order chi connectivity index (χ1) is 17.5. The highest BCUT2D eigenvalue weighted by Crippen LogP contribution is 2.16. The minimum Gasteiger partial charge on any atom is -0.350 e. The van der Waals surface area contributed by atoms with Gasteiger partial charge in [-0.15, -0.1) is 0 Å². The van der Waals surface area contributed by atoms with Crippen LogP contribution in [-0.2, 0) is 39.2 Å². The van der Waals surface area contributed by atoms with Crippen LogP contribution in [0.25, 0.3) is 0 Å². The van der Waals surface area contributed by atoms with Crippen molar-refractivity contribution in [3.05, 3.63) is 106 Å². The van der Waals surface area contributed by atoms with Crippen molar-refractivity contribution in [3.63, 3.8) is 0 Å². The smallest absolute Gasteiger partial charge is 0.242 e. The minimum atomic E-state index is -3.75. The summed E-state index contributed by atoms with van der Waals surface area (Å²) in [6, 6.07) is 20.6. The predicted octanol–water partition coefficient (Wildman–Crippen LogP) is 3.97. The summed E-state index contributed by atoms with van der Waals surface area (Å²) in [6.07, 6.45) is 1.03. The van der Waals surface area contributed by atoms with Crippen LogP contribution < -0.4 is 5.32 Å². The number of carbonyl (C=O) groups excluding carboxylic acids is 2. The Balaban J connectivity index is 1.81. The maximum absolute atomic E-state index is 13.5. The van der Waals surface area contributed by atoms with Gasteiger partial charge in [-0.2, -0.15) is 4.31 Å². The van der Waals surface area contributed by atoms with Gasteiger partial charge in [-0.3, -0.25) is 9.59 Å². The Kier molecular flexibility index (Phi) is 9.79. The molecule has 0 radical (unpaired) electrons. The summed E-state index contributed by atoms with van der Waals surface area (Å²) in [4.78, 5) is 27.8. The number of rotatable bonds is 11. The Morgan fingerprint density at radius 1 is 0.919 bits per heavy atom. The highest BCUT2D eigenvalue weighted by Gasteiger charge is 2.30. The summed E-state index contributed by atoms with van der Waals surface area (Å²) in [5.41, 5.74) is 2.03. The fourth-order valence-corrected chi connectivity index (χ4v) is 4.59. The highest BCUT2D eigenvalue weighted by molar-refractivity contribution is 7.88. The van der Waals surface area contributed by atoms with E-state index >= 15 is 0 Å². The van der Waals surface area contributed by atoms with Crippen molar-refractivity contribution in [2.45, 2.75) is 32.6 Å². The number of sulfonamides is 1. The standard InChI is InChI=1S/C27H29ClFN3O4S/c1-20(27(34)30-16-23-10-6-7-11-25(23)28)32(18-22-12-14-24(29)15-13-22)26(33)19-31(37(2,35)36)17-21-8-4-3-5-9-21/h3-15,20H,16-19H2,1-2H3,(H,30,34). The van der Waals surface area contributed by atoms with Crippen molar-refractivity contribution >= 4 is 33.4 Å². The van der Waals surface area contributed by atoms with E-state index in [9.17, 15) is 22.4 Å². The van der Waals surface area contributed by atoms with Crippen LogP contribution in [0.3, 0.4) is 0 Å². The zero-order valence-electron chi connectivity index (χ0n) is 20.6. The summed E-state index contributed by atoms with van der Waals surface area (Å²) in [6.45, 7) is 1.25. The van der Waals surface area contributed by atoms with Crippen LogP contribution in [0, 0.1) is 5.82 Å². The van der Waals surface area contributed by atoms with Crippen LogP contribution in [0.1, 0.15) is 23.6 Å². The van der Waals surface area contributed by atoms with Crippen molar-refractivity contribution in [2.75, 3.05) is 12.8 Å². The average molecular weight is 546 g/mol. The van der Waals surface area contributed by atoms with Gasteiger partial charge in [0.05, 0.1) is 12.8 Å². The molecule has 1 unspecified atom stereocenters. The van der Waals surface area contributed by atoms with Gasteiger partial charge in [0.1, 0.15) is 11.9 Å². The first kappa shape index (κ1) is 28.3. The molecule has 2 amide bonds. The number of halogens is 2. The zero-order chi connectivity index (χ0) is 27.0. The van der Waals surface area contributed by atoms with Crippen molar-refractivity contribution in [1.82, 2.24) is 14.5 Å². The number of hydrogen-bond acceptors (Lipinski definition) is 4. The summed E-state index contributed by atoms with van der Waals surface area (Å²) in [7, 11) is -3.75. The molecule has 0 heterocycles. The van der Waals surface area contributed by atoms with E-state index in [0.717, 1.165) is 16.1 Å². The van der Waals surface area contributed by atoms with Crippen molar-refractivity contribution < 1.29 is 22.4 Å². The van der Waals surface area contributed by atoms with E-state index in [1.54, 1.807) is 55.5 Å². The van der Waals surface area contributed by atoms with E-state index in [2.05, 4.69) is 5.32 Å². The molecule has 0 aliphatic heterocycles. The number of carbonyl (C=O) groups is 2. The number of benzene rings is 3. The molecule has 3 aromatic rings. The molecule has 0 saturated heterocycles. The largest absolute Gasteiger partial charge is 0.350 e. The molecule has 7 nitrogen and oxygen atoms in total. The molecule has 0 spiro atoms. The Morgan fingerprint density at radius 2 is 1.51 bits per heavy atom. The highest BCUT2D eigenvalue weighted by atomic mass is 35.5. The molecule has 0 saturated carbocycles. The molecule has 10 heteroatoms. The van der Waals surface area contributed by atoms with Crippen LogP contribution in [0.15, 0.2) is 78.9 Å². The Hall–Kier alpha value is -3.27. The van der Waals surface area contributed by atoms with E-state index in [4.69, 9.17) is 11.6 Å². The molecule has 0 aliphatic rings. The molecule has 1 atom stereocenters. The third-order valence-electron chi connectivity index (χ3n) is 5.83. The third kappa shape index (κ3) is 8.38. The van der Waals surface area contributed by atoms with Crippen LogP contribution >= 0.6 is 11.6 Å². The molecule has 3 rings (SSSR count). The molecule has 0 fully saturated rings. The van der Waals surface area contributed by atoms with Gasteiger partial charge in [0.2, 0.25) is 21.8 Å². The lowest BCUT2D eigenvalue weighted by molar-refractivity contribution is -0.140. The Bertz CT molecular complexity index is 1320. The fourth-order valence-electron chi connectivity index (χ4n) is 3.66. The molecule has 0 bridgehead atoms. The molecule has 0 aliphatic carbocycles. The number of hydrogen-bond donors (Lipinski definition) is 1. The lowest BCUT2D eigenvalue weighted by Gasteiger charge is -2.31. The first-order valence-electron chi connectivity index (χ1n) is 11.6. The SMILES string of the molecule is CC(C(=O)NCc1ccccc1Cl)N(Cc1ccc(F)cc1)C(=O)CN(Cc1ccccc1)S(C)(=O)=O. The van der Waals surface area contributed by atoms with Gasteiger partial charge >= 0.3 is 0 Å². The van der Waals surface area contributed by atoms with Gasteiger partial charge in [-0.1, -0.05) is 72.3 Å². The molecular formula is C27H29ClFN3O4S. The zero-order valence-corrected chi connectivity index (χ0v) is 22.2. The van der Waals surface area contributed by atoms with E-state index in [0.29, 0.717) is 16.1 Å². The molecule has 37 heavy (non-hydrogen) atoms. The van der Waals surface area contributed by atoms with E-state index in [1.165, 1.54) is 29.2 Å². The van der Waals surface area contributed by atoms with Crippen LogP contribution in [0.4, 0.5) is 4.39 Å². The maximum atomic E-state index is 13.5. The van der Waals surface area contributed by atoms with E-state index in [-0.39, 0.29) is 19.6 Å². The maximum Gasteiger partial charge on any atom is 0.242 e. The van der Waals surface area contributed by atoms with Gasteiger partial charge in [0, 0.05) is 24.7 Å². The molecular weight excluding hydrogens is 517 g/mol. The van der Waals surface area contributed by atoms with Crippen LogP contribution in [0.2, 0.25) is 5.02 Å². The van der Waals surface area contributed by atoms with Gasteiger partial charge in [-0.05, 0) is 41.8 Å². The topological polar surface area (TPSA) is 86.8 Å². The van der Waals surface area contributed by atoms with Gasteiger partial charge in [-0.25, -0.2) is 12.8 Å². The minimum absolute atomic E-state index is 0.00286. The van der Waals surface area contributed by atoms with Crippen molar-refractivity contribution in [1.29, 1.82) is 0 Å². The Labute approximate surface area is 221 Å². The second kappa shape index (κ2) is 12.8. The van der Waals surface area contributed by atoms with Crippen molar-refractivity contribution in [2.24, 2.45) is 0 Å². The lowest BCUT2D eigenvalue weighted by atomic mass is 10.1. The van der Waals surface area contributed by atoms with Crippen LogP contribution in [-0.4, -0.2) is 48.3 Å². The number of nitrogens with zero attached hydrogens (tertiary/aromatic N) is 2. The Morgan fingerprint density at radius 3 is 2.14 bits per heavy atom. The molecule has 196 valence electrons. The lowest BCUT2D eigenvalue weighted by Crippen LogP contribution is -2.50. The predicted molar refractivity (Wildman–Crippen MR) is 141 cm³/mol. The first-order valence-corrected chi connectivity index (χ1v) is 13.8.